The predicted octanol–water partition coefficient (Wildman–Crippen LogP) is 7.08. The summed E-state index contributed by atoms with van der Waals surface area (Å²) < 4.78 is 27.4. The summed E-state index contributed by atoms with van der Waals surface area (Å²) >= 11 is 5.60. The van der Waals surface area contributed by atoms with Gasteiger partial charge in [-0.1, -0.05) is 50.1 Å². The van der Waals surface area contributed by atoms with Crippen LogP contribution in [0.3, 0.4) is 0 Å². The quantitative estimate of drug-likeness (QED) is 0.513. The van der Waals surface area contributed by atoms with Gasteiger partial charge in [-0.3, -0.25) is 0 Å². The van der Waals surface area contributed by atoms with E-state index in [1.54, 1.807) is 0 Å². The summed E-state index contributed by atoms with van der Waals surface area (Å²) in [5.74, 6) is -0.437. The molecule has 0 heterocycles. The first-order chi connectivity index (χ1) is 11.1. The summed E-state index contributed by atoms with van der Waals surface area (Å²) in [6, 6.07) is 2.84. The molecule has 0 nitrogen and oxygen atoms in total. The number of halogens is 3. The molecule has 0 atom stereocenters. The zero-order valence-electron chi connectivity index (χ0n) is 13.9. The van der Waals surface area contributed by atoms with E-state index in [2.05, 4.69) is 0 Å². The van der Waals surface area contributed by atoms with Crippen LogP contribution in [0.2, 0.25) is 5.02 Å². The maximum atomic E-state index is 13.7. The second kappa shape index (κ2) is 7.51. The summed E-state index contributed by atoms with van der Waals surface area (Å²) in [6.07, 6.45) is 15.2. The van der Waals surface area contributed by atoms with Crippen LogP contribution < -0.4 is 0 Å². The van der Waals surface area contributed by atoms with E-state index in [4.69, 9.17) is 11.6 Å². The maximum Gasteiger partial charge on any atom is 0.145 e. The van der Waals surface area contributed by atoms with Crippen LogP contribution >= 0.6 is 11.6 Å². The SMILES string of the molecule is Fc1cc(CCC2(C3CCCCC3)CCCCC2)cc(F)c1Cl. The molecular formula is C20H27ClF2. The molecule has 23 heavy (non-hydrogen) atoms. The van der Waals surface area contributed by atoms with Gasteiger partial charge in [-0.05, 0) is 67.6 Å². The molecule has 2 aliphatic rings. The van der Waals surface area contributed by atoms with Crippen molar-refractivity contribution >= 4 is 11.6 Å². The lowest BCUT2D eigenvalue weighted by Gasteiger charge is -2.46. The third-order valence-electron chi connectivity index (χ3n) is 6.28. The molecule has 0 spiro atoms. The van der Waals surface area contributed by atoms with E-state index >= 15 is 0 Å². The van der Waals surface area contributed by atoms with Crippen molar-refractivity contribution in [2.45, 2.75) is 77.0 Å². The van der Waals surface area contributed by atoms with E-state index in [0.29, 0.717) is 5.41 Å². The fraction of sp³-hybridized carbons (Fsp3) is 0.700. The van der Waals surface area contributed by atoms with Gasteiger partial charge in [0.2, 0.25) is 0 Å². The Morgan fingerprint density at radius 1 is 0.913 bits per heavy atom. The van der Waals surface area contributed by atoms with Crippen molar-refractivity contribution in [2.75, 3.05) is 0 Å². The van der Waals surface area contributed by atoms with Gasteiger partial charge in [-0.15, -0.1) is 0 Å². The molecule has 0 radical (unpaired) electrons. The van der Waals surface area contributed by atoms with Crippen molar-refractivity contribution in [1.29, 1.82) is 0 Å². The van der Waals surface area contributed by atoms with E-state index in [1.807, 2.05) is 0 Å². The van der Waals surface area contributed by atoms with E-state index in [-0.39, 0.29) is 5.02 Å². The van der Waals surface area contributed by atoms with Crippen molar-refractivity contribution < 1.29 is 8.78 Å². The highest BCUT2D eigenvalue weighted by molar-refractivity contribution is 6.30. The fourth-order valence-corrected chi connectivity index (χ4v) is 5.09. The number of benzene rings is 1. The molecule has 0 aromatic heterocycles. The third kappa shape index (κ3) is 3.90. The Labute approximate surface area is 143 Å². The molecular weight excluding hydrogens is 314 g/mol. The molecule has 3 rings (SSSR count). The van der Waals surface area contributed by atoms with Gasteiger partial charge in [-0.25, -0.2) is 8.78 Å². The minimum atomic E-state index is -0.628. The monoisotopic (exact) mass is 340 g/mol. The highest BCUT2D eigenvalue weighted by atomic mass is 35.5. The molecule has 128 valence electrons. The molecule has 2 fully saturated rings. The number of hydrogen-bond acceptors (Lipinski definition) is 0. The highest BCUT2D eigenvalue weighted by Gasteiger charge is 2.39. The topological polar surface area (TPSA) is 0 Å². The molecule has 1 aromatic rings. The fourth-order valence-electron chi connectivity index (χ4n) is 4.98. The van der Waals surface area contributed by atoms with Gasteiger partial charge in [0.15, 0.2) is 0 Å². The molecule has 0 saturated heterocycles. The van der Waals surface area contributed by atoms with Crippen molar-refractivity contribution in [2.24, 2.45) is 11.3 Å². The second-order valence-corrected chi connectivity index (χ2v) is 8.01. The highest BCUT2D eigenvalue weighted by Crippen LogP contribution is 2.51. The van der Waals surface area contributed by atoms with E-state index in [0.717, 1.165) is 24.3 Å². The zero-order chi connectivity index (χ0) is 16.3. The first-order valence-electron chi connectivity index (χ1n) is 9.24. The standard InChI is InChI=1S/C20H27ClF2/c21-19-17(22)13-15(14-18(19)23)9-12-20(10-5-2-6-11-20)16-7-3-1-4-8-16/h13-14,16H,1-12H2. The maximum absolute atomic E-state index is 13.7. The Hall–Kier alpha value is -0.630. The molecule has 0 unspecified atom stereocenters. The van der Waals surface area contributed by atoms with Crippen LogP contribution in [0.25, 0.3) is 0 Å². The molecule has 2 saturated carbocycles. The molecule has 1 aromatic carbocycles. The first kappa shape index (κ1) is 17.2. The van der Waals surface area contributed by atoms with Crippen molar-refractivity contribution in [1.82, 2.24) is 0 Å². The Bertz CT molecular complexity index is 505. The lowest BCUT2D eigenvalue weighted by molar-refractivity contribution is 0.0578. The molecule has 0 aliphatic heterocycles. The lowest BCUT2D eigenvalue weighted by atomic mass is 9.59. The number of aryl methyl sites for hydroxylation is 1. The zero-order valence-corrected chi connectivity index (χ0v) is 14.6. The van der Waals surface area contributed by atoms with Crippen LogP contribution in [-0.4, -0.2) is 0 Å². The number of rotatable bonds is 4. The average Bonchev–Trinajstić information content (AvgIpc) is 2.59. The molecule has 0 N–H and O–H groups in total. The van der Waals surface area contributed by atoms with Crippen LogP contribution in [0, 0.1) is 23.0 Å². The Kier molecular flexibility index (Phi) is 5.61. The van der Waals surface area contributed by atoms with Gasteiger partial charge in [0.05, 0.1) is 0 Å². The molecule has 2 aliphatic carbocycles. The average molecular weight is 341 g/mol. The van der Waals surface area contributed by atoms with Crippen LogP contribution in [0.5, 0.6) is 0 Å². The van der Waals surface area contributed by atoms with Gasteiger partial charge >= 0.3 is 0 Å². The van der Waals surface area contributed by atoms with Crippen molar-refractivity contribution in [3.8, 4) is 0 Å². The Morgan fingerprint density at radius 2 is 1.48 bits per heavy atom. The lowest BCUT2D eigenvalue weighted by Crippen LogP contribution is -2.35. The predicted molar refractivity (Wildman–Crippen MR) is 91.8 cm³/mol. The summed E-state index contributed by atoms with van der Waals surface area (Å²) in [4.78, 5) is 0. The molecule has 0 bridgehead atoms. The smallest absolute Gasteiger partial charge is 0.145 e. The van der Waals surface area contributed by atoms with Crippen molar-refractivity contribution in [3.63, 3.8) is 0 Å². The summed E-state index contributed by atoms with van der Waals surface area (Å²) in [7, 11) is 0. The van der Waals surface area contributed by atoms with Gasteiger partial charge in [-0.2, -0.15) is 0 Å². The Morgan fingerprint density at radius 3 is 2.09 bits per heavy atom. The van der Waals surface area contributed by atoms with Crippen LogP contribution in [0.4, 0.5) is 8.78 Å². The van der Waals surface area contributed by atoms with Gasteiger partial charge < -0.3 is 0 Å². The third-order valence-corrected chi connectivity index (χ3v) is 6.64. The first-order valence-corrected chi connectivity index (χ1v) is 9.62. The van der Waals surface area contributed by atoms with Gasteiger partial charge in [0, 0.05) is 0 Å². The van der Waals surface area contributed by atoms with Crippen LogP contribution in [-0.2, 0) is 6.42 Å². The summed E-state index contributed by atoms with van der Waals surface area (Å²) in [5, 5.41) is -0.381. The Balaban J connectivity index is 1.73. The van der Waals surface area contributed by atoms with E-state index in [9.17, 15) is 8.78 Å². The summed E-state index contributed by atoms with van der Waals surface area (Å²) in [5.41, 5.74) is 1.16. The van der Waals surface area contributed by atoms with Crippen LogP contribution in [0.15, 0.2) is 12.1 Å². The molecule has 0 amide bonds. The minimum Gasteiger partial charge on any atom is -0.205 e. The second-order valence-electron chi connectivity index (χ2n) is 7.63. The number of hydrogen-bond donors (Lipinski definition) is 0. The largest absolute Gasteiger partial charge is 0.205 e. The van der Waals surface area contributed by atoms with Crippen molar-refractivity contribution in [3.05, 3.63) is 34.4 Å². The normalized spacial score (nSPS) is 22.2. The van der Waals surface area contributed by atoms with Crippen LogP contribution in [0.1, 0.15) is 76.2 Å². The van der Waals surface area contributed by atoms with Gasteiger partial charge in [0.1, 0.15) is 16.7 Å². The molecule has 3 heteroatoms. The van der Waals surface area contributed by atoms with Gasteiger partial charge in [0.25, 0.3) is 0 Å². The van der Waals surface area contributed by atoms with E-state index in [1.165, 1.54) is 76.3 Å². The minimum absolute atomic E-state index is 0.381. The van der Waals surface area contributed by atoms with E-state index < -0.39 is 11.6 Å². The summed E-state index contributed by atoms with van der Waals surface area (Å²) in [6.45, 7) is 0.